The molecule has 4 atom stereocenters. The Labute approximate surface area is 145 Å². The molecular weight excluding hydrogens is 333 g/mol. The summed E-state index contributed by atoms with van der Waals surface area (Å²) in [7, 11) is 0. The number of fused-ring (bicyclic) bond motifs is 1. The summed E-state index contributed by atoms with van der Waals surface area (Å²) in [6, 6.07) is 3.90. The van der Waals surface area contributed by atoms with Crippen LogP contribution in [0.2, 0.25) is 0 Å². The predicted octanol–water partition coefficient (Wildman–Crippen LogP) is 4.72. The fourth-order valence-corrected chi connectivity index (χ4v) is 3.48. The minimum Gasteiger partial charge on any atom is -0.406 e. The molecule has 140 valence electrons. The number of hydrogen-bond acceptors (Lipinski definition) is 4. The Hall–Kier alpha value is -1.63. The van der Waals surface area contributed by atoms with E-state index in [9.17, 15) is 18.3 Å². The topological polar surface area (TPSA) is 53.5 Å². The largest absolute Gasteiger partial charge is 0.573 e. The number of anilines is 2. The van der Waals surface area contributed by atoms with Crippen LogP contribution in [0, 0.1) is 11.8 Å². The van der Waals surface area contributed by atoms with Crippen LogP contribution in [0.25, 0.3) is 0 Å². The summed E-state index contributed by atoms with van der Waals surface area (Å²) in [4.78, 5) is 0. The SMILES string of the molecule is CC1C[C@H]1CCCCCC1Nc2ccc(OC(F)(F)F)cc2NC1O. The molecule has 7 heteroatoms. The fraction of sp³-hybridized carbons (Fsp3) is 0.667. The Bertz CT molecular complexity index is 594. The van der Waals surface area contributed by atoms with Gasteiger partial charge in [0.2, 0.25) is 0 Å². The van der Waals surface area contributed by atoms with Crippen molar-refractivity contribution in [1.82, 2.24) is 0 Å². The van der Waals surface area contributed by atoms with Crippen LogP contribution in [-0.2, 0) is 0 Å². The van der Waals surface area contributed by atoms with Gasteiger partial charge in [-0.3, -0.25) is 0 Å². The van der Waals surface area contributed by atoms with Gasteiger partial charge in [-0.2, -0.15) is 0 Å². The first kappa shape index (κ1) is 18.2. The number of rotatable bonds is 7. The summed E-state index contributed by atoms with van der Waals surface area (Å²) >= 11 is 0. The molecule has 0 spiro atoms. The molecule has 2 aliphatic rings. The zero-order chi connectivity index (χ0) is 18.0. The third-order valence-corrected chi connectivity index (χ3v) is 5.12. The lowest BCUT2D eigenvalue weighted by Crippen LogP contribution is -2.42. The van der Waals surface area contributed by atoms with E-state index in [0.29, 0.717) is 11.4 Å². The van der Waals surface area contributed by atoms with Gasteiger partial charge in [-0.05, 0) is 36.8 Å². The fourth-order valence-electron chi connectivity index (χ4n) is 3.48. The van der Waals surface area contributed by atoms with Crippen LogP contribution in [0.1, 0.15) is 45.4 Å². The van der Waals surface area contributed by atoms with Gasteiger partial charge >= 0.3 is 6.36 Å². The quantitative estimate of drug-likeness (QED) is 0.618. The number of hydrogen-bond donors (Lipinski definition) is 3. The molecule has 4 nitrogen and oxygen atoms in total. The van der Waals surface area contributed by atoms with E-state index in [0.717, 1.165) is 31.1 Å². The highest BCUT2D eigenvalue weighted by Crippen LogP contribution is 2.41. The molecule has 1 aliphatic heterocycles. The number of halogens is 3. The van der Waals surface area contributed by atoms with Crippen molar-refractivity contribution in [2.75, 3.05) is 10.6 Å². The third kappa shape index (κ3) is 5.17. The zero-order valence-electron chi connectivity index (χ0n) is 14.3. The molecule has 3 rings (SSSR count). The minimum atomic E-state index is -4.73. The Kier molecular flexibility index (Phi) is 5.32. The first-order valence-electron chi connectivity index (χ1n) is 8.93. The molecule has 0 bridgehead atoms. The number of unbranched alkanes of at least 4 members (excludes halogenated alkanes) is 2. The van der Waals surface area contributed by atoms with Gasteiger partial charge in [-0.15, -0.1) is 13.2 Å². The maximum absolute atomic E-state index is 12.3. The monoisotopic (exact) mass is 358 g/mol. The molecular formula is C18H25F3N2O2. The molecule has 0 saturated heterocycles. The minimum absolute atomic E-state index is 0.151. The Morgan fingerprint density at radius 3 is 2.52 bits per heavy atom. The van der Waals surface area contributed by atoms with E-state index in [2.05, 4.69) is 22.3 Å². The van der Waals surface area contributed by atoms with Crippen molar-refractivity contribution in [1.29, 1.82) is 0 Å². The maximum Gasteiger partial charge on any atom is 0.573 e. The molecule has 3 unspecified atom stereocenters. The Morgan fingerprint density at radius 2 is 1.84 bits per heavy atom. The van der Waals surface area contributed by atoms with Crippen LogP contribution >= 0.6 is 0 Å². The normalized spacial score (nSPS) is 27.9. The molecule has 1 saturated carbocycles. The summed E-state index contributed by atoms with van der Waals surface area (Å²) in [6.45, 7) is 2.29. The summed E-state index contributed by atoms with van der Waals surface area (Å²) in [5, 5.41) is 16.3. The van der Waals surface area contributed by atoms with Crippen molar-refractivity contribution in [3.63, 3.8) is 0 Å². The number of ether oxygens (including phenoxy) is 1. The molecule has 1 aliphatic carbocycles. The summed E-state index contributed by atoms with van der Waals surface area (Å²) in [6.07, 6.45) is 1.29. The third-order valence-electron chi connectivity index (χ3n) is 5.12. The Balaban J connectivity index is 1.47. The molecule has 1 aromatic rings. The van der Waals surface area contributed by atoms with E-state index in [4.69, 9.17) is 0 Å². The van der Waals surface area contributed by atoms with Gasteiger partial charge in [0.25, 0.3) is 0 Å². The first-order chi connectivity index (χ1) is 11.8. The second kappa shape index (κ2) is 7.32. The highest BCUT2D eigenvalue weighted by atomic mass is 19.4. The number of aliphatic hydroxyl groups excluding tert-OH is 1. The van der Waals surface area contributed by atoms with Crippen molar-refractivity contribution in [3.05, 3.63) is 18.2 Å². The number of nitrogens with one attached hydrogen (secondary N) is 2. The smallest absolute Gasteiger partial charge is 0.406 e. The van der Waals surface area contributed by atoms with Crippen LogP contribution in [-0.4, -0.2) is 23.7 Å². The highest BCUT2D eigenvalue weighted by molar-refractivity contribution is 5.73. The van der Waals surface area contributed by atoms with E-state index < -0.39 is 12.6 Å². The van der Waals surface area contributed by atoms with Crippen LogP contribution in [0.4, 0.5) is 24.5 Å². The molecule has 1 fully saturated rings. The van der Waals surface area contributed by atoms with Gasteiger partial charge in [0, 0.05) is 6.07 Å². The lowest BCUT2D eigenvalue weighted by molar-refractivity contribution is -0.274. The second-order valence-electron chi connectivity index (χ2n) is 7.21. The standard InChI is InChI=1S/C18H25F3N2O2/c1-11-9-12(11)5-3-2-4-6-15-17(24)23-16-10-13(25-18(19,20)21)7-8-14(16)22-15/h7-8,10-12,15,17,22-24H,2-6,9H2,1H3/t11?,12-,15?,17?/m1/s1. The zero-order valence-corrected chi connectivity index (χ0v) is 14.3. The van der Waals surface area contributed by atoms with Gasteiger partial charge in [0.15, 0.2) is 0 Å². The van der Waals surface area contributed by atoms with E-state index in [-0.39, 0.29) is 11.8 Å². The number of aliphatic hydroxyl groups is 1. The lowest BCUT2D eigenvalue weighted by atomic mass is 10.0. The van der Waals surface area contributed by atoms with Crippen molar-refractivity contribution in [3.8, 4) is 5.75 Å². The molecule has 0 amide bonds. The highest BCUT2D eigenvalue weighted by Gasteiger charge is 2.33. The van der Waals surface area contributed by atoms with Crippen LogP contribution in [0.5, 0.6) is 5.75 Å². The van der Waals surface area contributed by atoms with Crippen molar-refractivity contribution in [2.24, 2.45) is 11.8 Å². The maximum atomic E-state index is 12.3. The summed E-state index contributed by atoms with van der Waals surface area (Å²) < 4.78 is 40.7. The molecule has 3 N–H and O–H groups in total. The van der Waals surface area contributed by atoms with Crippen LogP contribution < -0.4 is 15.4 Å². The predicted molar refractivity (Wildman–Crippen MR) is 90.5 cm³/mol. The van der Waals surface area contributed by atoms with Crippen molar-refractivity contribution < 1.29 is 23.0 Å². The van der Waals surface area contributed by atoms with E-state index >= 15 is 0 Å². The molecule has 1 aromatic carbocycles. The Morgan fingerprint density at radius 1 is 1.12 bits per heavy atom. The molecule has 25 heavy (non-hydrogen) atoms. The van der Waals surface area contributed by atoms with Crippen molar-refractivity contribution in [2.45, 2.75) is 64.1 Å². The number of benzene rings is 1. The first-order valence-corrected chi connectivity index (χ1v) is 8.93. The molecule has 1 heterocycles. The van der Waals surface area contributed by atoms with Gasteiger partial charge < -0.3 is 20.5 Å². The van der Waals surface area contributed by atoms with E-state index in [1.54, 1.807) is 0 Å². The second-order valence-corrected chi connectivity index (χ2v) is 7.21. The average Bonchev–Trinajstić information content (AvgIpc) is 3.21. The summed E-state index contributed by atoms with van der Waals surface area (Å²) in [5.41, 5.74) is 1.09. The van der Waals surface area contributed by atoms with Gasteiger partial charge in [0.1, 0.15) is 12.0 Å². The van der Waals surface area contributed by atoms with E-state index in [1.807, 2.05) is 0 Å². The van der Waals surface area contributed by atoms with Gasteiger partial charge in [0.05, 0.1) is 17.4 Å². The van der Waals surface area contributed by atoms with Crippen LogP contribution in [0.15, 0.2) is 18.2 Å². The van der Waals surface area contributed by atoms with E-state index in [1.165, 1.54) is 37.5 Å². The average molecular weight is 358 g/mol. The van der Waals surface area contributed by atoms with Gasteiger partial charge in [-0.1, -0.05) is 32.6 Å². The molecule has 0 radical (unpaired) electrons. The van der Waals surface area contributed by atoms with Crippen LogP contribution in [0.3, 0.4) is 0 Å². The van der Waals surface area contributed by atoms with Crippen molar-refractivity contribution >= 4 is 11.4 Å². The van der Waals surface area contributed by atoms with Gasteiger partial charge in [-0.25, -0.2) is 0 Å². The lowest BCUT2D eigenvalue weighted by Gasteiger charge is -2.33. The molecule has 0 aromatic heterocycles. The number of alkyl halides is 3. The summed E-state index contributed by atoms with van der Waals surface area (Å²) in [5.74, 6) is 1.51.